The van der Waals surface area contributed by atoms with Crippen LogP contribution in [0.3, 0.4) is 0 Å². The highest BCUT2D eigenvalue weighted by Crippen LogP contribution is 2.33. The molecule has 160 valence electrons. The first-order valence-electron chi connectivity index (χ1n) is 9.96. The van der Waals surface area contributed by atoms with E-state index >= 15 is 0 Å². The van der Waals surface area contributed by atoms with Gasteiger partial charge in [0.25, 0.3) is 5.91 Å². The third-order valence-electron chi connectivity index (χ3n) is 5.16. The van der Waals surface area contributed by atoms with E-state index in [0.29, 0.717) is 22.3 Å². The molecule has 2 heterocycles. The van der Waals surface area contributed by atoms with Crippen molar-refractivity contribution in [3.05, 3.63) is 71.0 Å². The Hall–Kier alpha value is -2.84. The molecule has 31 heavy (non-hydrogen) atoms. The molecule has 1 aliphatic heterocycles. The molecule has 2 aromatic carbocycles. The third kappa shape index (κ3) is 4.91. The monoisotopic (exact) mass is 455 g/mol. The summed E-state index contributed by atoms with van der Waals surface area (Å²) in [4.78, 5) is 27.1. The van der Waals surface area contributed by atoms with E-state index in [4.69, 9.17) is 11.6 Å². The number of benzene rings is 2. The van der Waals surface area contributed by atoms with Gasteiger partial charge in [0.1, 0.15) is 0 Å². The van der Waals surface area contributed by atoms with Gasteiger partial charge in [0.2, 0.25) is 5.91 Å². The van der Waals surface area contributed by atoms with Crippen LogP contribution in [0.5, 0.6) is 0 Å². The molecule has 3 aromatic rings. The molecule has 1 N–H and O–H groups in total. The van der Waals surface area contributed by atoms with Crippen LogP contribution in [0.1, 0.15) is 35.1 Å². The van der Waals surface area contributed by atoms with Gasteiger partial charge in [-0.3, -0.25) is 9.59 Å². The van der Waals surface area contributed by atoms with Gasteiger partial charge in [-0.15, -0.1) is 10.2 Å². The topological polar surface area (TPSA) is 80.1 Å². The van der Waals surface area contributed by atoms with Gasteiger partial charge >= 0.3 is 0 Å². The quantitative estimate of drug-likeness (QED) is 0.564. The predicted molar refractivity (Wildman–Crippen MR) is 121 cm³/mol. The van der Waals surface area contributed by atoms with E-state index in [2.05, 4.69) is 15.5 Å². The fourth-order valence-electron chi connectivity index (χ4n) is 3.63. The fourth-order valence-corrected chi connectivity index (χ4v) is 4.47. The number of hydrogen-bond acceptors (Lipinski definition) is 5. The average Bonchev–Trinajstić information content (AvgIpc) is 3.39. The molecule has 1 aromatic heterocycles. The first-order chi connectivity index (χ1) is 15.0. The molecule has 1 saturated heterocycles. The average molecular weight is 456 g/mol. The number of halogens is 1. The van der Waals surface area contributed by atoms with E-state index in [-0.39, 0.29) is 23.6 Å². The van der Waals surface area contributed by atoms with Gasteiger partial charge < -0.3 is 14.8 Å². The SMILES string of the molecule is Cn1c(SCC(=O)Nc2ccccc2)nnc1C1CCCN1C(=O)c1ccc(Cl)cc1. The number of anilines is 1. The van der Waals surface area contributed by atoms with E-state index < -0.39 is 0 Å². The number of nitrogens with zero attached hydrogens (tertiary/aromatic N) is 4. The smallest absolute Gasteiger partial charge is 0.254 e. The van der Waals surface area contributed by atoms with E-state index in [1.54, 1.807) is 24.3 Å². The summed E-state index contributed by atoms with van der Waals surface area (Å²) < 4.78 is 1.87. The van der Waals surface area contributed by atoms with Crippen LogP contribution in [-0.2, 0) is 11.8 Å². The Labute approximate surface area is 189 Å². The molecule has 1 aliphatic rings. The van der Waals surface area contributed by atoms with Gasteiger partial charge in [0.15, 0.2) is 11.0 Å². The molecule has 0 spiro atoms. The van der Waals surface area contributed by atoms with Gasteiger partial charge in [-0.2, -0.15) is 0 Å². The van der Waals surface area contributed by atoms with Crippen molar-refractivity contribution in [2.24, 2.45) is 7.05 Å². The second-order valence-corrected chi connectivity index (χ2v) is 8.65. The van der Waals surface area contributed by atoms with Crippen LogP contribution in [0.15, 0.2) is 59.8 Å². The summed E-state index contributed by atoms with van der Waals surface area (Å²) in [6, 6.07) is 16.1. The number of para-hydroxylation sites is 1. The third-order valence-corrected chi connectivity index (χ3v) is 6.43. The number of thioether (sulfide) groups is 1. The number of rotatable bonds is 6. The first-order valence-corrected chi connectivity index (χ1v) is 11.3. The van der Waals surface area contributed by atoms with Crippen LogP contribution in [-0.4, -0.2) is 43.8 Å². The Balaban J connectivity index is 1.42. The maximum Gasteiger partial charge on any atom is 0.254 e. The predicted octanol–water partition coefficient (Wildman–Crippen LogP) is 4.18. The molecule has 1 fully saturated rings. The van der Waals surface area contributed by atoms with E-state index in [1.807, 2.05) is 46.8 Å². The number of likely N-dealkylation sites (tertiary alicyclic amines) is 1. The summed E-state index contributed by atoms with van der Waals surface area (Å²) >= 11 is 7.26. The summed E-state index contributed by atoms with van der Waals surface area (Å²) in [6.07, 6.45) is 1.73. The molecule has 7 nitrogen and oxygen atoms in total. The van der Waals surface area contributed by atoms with Crippen LogP contribution in [0, 0.1) is 0 Å². The van der Waals surface area contributed by atoms with Crippen molar-refractivity contribution in [3.63, 3.8) is 0 Å². The van der Waals surface area contributed by atoms with E-state index in [9.17, 15) is 9.59 Å². The largest absolute Gasteiger partial charge is 0.328 e. The molecular weight excluding hydrogens is 434 g/mol. The molecule has 9 heteroatoms. The summed E-state index contributed by atoms with van der Waals surface area (Å²) in [7, 11) is 1.87. The minimum absolute atomic E-state index is 0.0430. The number of carbonyl (C=O) groups is 2. The zero-order valence-electron chi connectivity index (χ0n) is 17.0. The van der Waals surface area contributed by atoms with Crippen molar-refractivity contribution in [1.82, 2.24) is 19.7 Å². The van der Waals surface area contributed by atoms with Gasteiger partial charge in [-0.25, -0.2) is 0 Å². The van der Waals surface area contributed by atoms with Crippen LogP contribution in [0.2, 0.25) is 5.02 Å². The molecule has 0 aliphatic carbocycles. The standard InChI is InChI=1S/C22H22ClN5O2S/c1-27-20(18-8-5-13-28(18)21(30)15-9-11-16(23)12-10-15)25-26-22(27)31-14-19(29)24-17-6-3-2-4-7-17/h2-4,6-7,9-12,18H,5,8,13-14H2,1H3,(H,24,29). The highest BCUT2D eigenvalue weighted by atomic mass is 35.5. The minimum atomic E-state index is -0.145. The van der Waals surface area contributed by atoms with Crippen molar-refractivity contribution >= 4 is 40.9 Å². The van der Waals surface area contributed by atoms with Gasteiger partial charge in [0, 0.05) is 29.9 Å². The van der Waals surface area contributed by atoms with Gasteiger partial charge in [0.05, 0.1) is 11.8 Å². The maximum atomic E-state index is 13.0. The molecule has 0 radical (unpaired) electrons. The van der Waals surface area contributed by atoms with Crippen molar-refractivity contribution in [1.29, 1.82) is 0 Å². The Kier molecular flexibility index (Phi) is 6.58. The number of hydrogen-bond donors (Lipinski definition) is 1. The van der Waals surface area contributed by atoms with Crippen molar-refractivity contribution < 1.29 is 9.59 Å². The summed E-state index contributed by atoms with van der Waals surface area (Å²) in [6.45, 7) is 0.668. The molecule has 1 unspecified atom stereocenters. The van der Waals surface area contributed by atoms with Crippen LogP contribution in [0.25, 0.3) is 0 Å². The lowest BCUT2D eigenvalue weighted by Gasteiger charge is -2.24. The zero-order valence-corrected chi connectivity index (χ0v) is 18.6. The fraction of sp³-hybridized carbons (Fsp3) is 0.273. The maximum absolute atomic E-state index is 13.0. The first kappa shape index (κ1) is 21.4. The van der Waals surface area contributed by atoms with Gasteiger partial charge in [-0.05, 0) is 49.2 Å². The Bertz CT molecular complexity index is 1070. The van der Waals surface area contributed by atoms with E-state index in [0.717, 1.165) is 24.4 Å². The minimum Gasteiger partial charge on any atom is -0.328 e. The number of aromatic nitrogens is 3. The van der Waals surface area contributed by atoms with Gasteiger partial charge in [-0.1, -0.05) is 41.6 Å². The van der Waals surface area contributed by atoms with E-state index in [1.165, 1.54) is 11.8 Å². The molecule has 0 bridgehead atoms. The second kappa shape index (κ2) is 9.53. The number of amides is 2. The summed E-state index contributed by atoms with van der Waals surface area (Å²) in [5, 5.41) is 12.7. The number of carbonyl (C=O) groups excluding carboxylic acids is 2. The highest BCUT2D eigenvalue weighted by Gasteiger charge is 2.34. The highest BCUT2D eigenvalue weighted by molar-refractivity contribution is 7.99. The molecule has 4 rings (SSSR count). The van der Waals surface area contributed by atoms with Crippen molar-refractivity contribution in [2.75, 3.05) is 17.6 Å². The lowest BCUT2D eigenvalue weighted by atomic mass is 10.1. The molecule has 2 amide bonds. The Morgan fingerprint density at radius 2 is 1.87 bits per heavy atom. The summed E-state index contributed by atoms with van der Waals surface area (Å²) in [5.41, 5.74) is 1.36. The summed E-state index contributed by atoms with van der Waals surface area (Å²) in [5.74, 6) is 0.796. The van der Waals surface area contributed by atoms with Crippen LogP contribution >= 0.6 is 23.4 Å². The lowest BCUT2D eigenvalue weighted by molar-refractivity contribution is -0.113. The molecule has 0 saturated carbocycles. The zero-order chi connectivity index (χ0) is 21.8. The molecular formula is C22H22ClN5O2S. The van der Waals surface area contributed by atoms with Crippen LogP contribution < -0.4 is 5.32 Å². The Morgan fingerprint density at radius 3 is 2.61 bits per heavy atom. The van der Waals surface area contributed by atoms with Crippen molar-refractivity contribution in [3.8, 4) is 0 Å². The van der Waals surface area contributed by atoms with Crippen molar-refractivity contribution in [2.45, 2.75) is 24.0 Å². The van der Waals surface area contributed by atoms with Crippen LogP contribution in [0.4, 0.5) is 5.69 Å². The second-order valence-electron chi connectivity index (χ2n) is 7.27. The normalized spacial score (nSPS) is 15.8. The lowest BCUT2D eigenvalue weighted by Crippen LogP contribution is -2.31. The molecule has 1 atom stereocenters. The Morgan fingerprint density at radius 1 is 1.13 bits per heavy atom. The number of nitrogens with one attached hydrogen (secondary N) is 1.